The van der Waals surface area contributed by atoms with E-state index in [9.17, 15) is 19.1 Å². The molecule has 8 nitrogen and oxygen atoms in total. The number of hydrogen-bond acceptors (Lipinski definition) is 5. The predicted octanol–water partition coefficient (Wildman–Crippen LogP) is 1.98. The molecule has 0 bridgehead atoms. The molecule has 1 fully saturated rings. The lowest BCUT2D eigenvalue weighted by Gasteiger charge is -2.36. The van der Waals surface area contributed by atoms with Crippen LogP contribution in [0.1, 0.15) is 21.5 Å². The first-order chi connectivity index (χ1) is 14.3. The van der Waals surface area contributed by atoms with Crippen LogP contribution in [0.2, 0.25) is 0 Å². The van der Waals surface area contributed by atoms with Gasteiger partial charge in [-0.3, -0.25) is 14.3 Å². The van der Waals surface area contributed by atoms with Crippen LogP contribution in [0.5, 0.6) is 5.88 Å². The molecule has 1 aliphatic rings. The van der Waals surface area contributed by atoms with Crippen molar-refractivity contribution in [2.24, 2.45) is 0 Å². The molecule has 3 aromatic rings. The second kappa shape index (κ2) is 7.66. The summed E-state index contributed by atoms with van der Waals surface area (Å²) in [5.74, 6) is -0.528. The summed E-state index contributed by atoms with van der Waals surface area (Å²) < 4.78 is 15.7. The first kappa shape index (κ1) is 19.7. The van der Waals surface area contributed by atoms with Gasteiger partial charge in [0.15, 0.2) is 0 Å². The molecule has 0 radical (unpaired) electrons. The number of rotatable bonds is 3. The van der Waals surface area contributed by atoms with Gasteiger partial charge in [-0.1, -0.05) is 6.07 Å². The summed E-state index contributed by atoms with van der Waals surface area (Å²) in [4.78, 5) is 35.0. The summed E-state index contributed by atoms with van der Waals surface area (Å²) in [5, 5.41) is 9.37. The normalized spacial score (nSPS) is 14.2. The van der Waals surface area contributed by atoms with E-state index < -0.39 is 17.4 Å². The van der Waals surface area contributed by atoms with E-state index in [1.165, 1.54) is 12.1 Å². The molecule has 0 spiro atoms. The molecule has 1 aromatic carbocycles. The topological polar surface area (TPSA) is 94.5 Å². The smallest absolute Gasteiger partial charge is 0.332 e. The van der Waals surface area contributed by atoms with Gasteiger partial charge in [0.05, 0.1) is 17.4 Å². The minimum Gasteiger partial charge on any atom is -0.493 e. The molecule has 2 aromatic heterocycles. The highest BCUT2D eigenvalue weighted by molar-refractivity contribution is 5.95. The number of hydrogen-bond donors (Lipinski definition) is 2. The molecule has 30 heavy (non-hydrogen) atoms. The SMILES string of the molecule is Cc1cnc(N2CCN(C(=O)c3ccc(-n4cc(O)[nH]c4=O)cc3F)CC2)c(C)c1. The number of nitrogens with one attached hydrogen (secondary N) is 1. The Morgan fingerprint density at radius 2 is 1.90 bits per heavy atom. The number of aryl methyl sites for hydroxylation is 2. The quantitative estimate of drug-likeness (QED) is 0.687. The van der Waals surface area contributed by atoms with Crippen LogP contribution in [0.3, 0.4) is 0 Å². The number of aromatic hydroxyl groups is 1. The minimum absolute atomic E-state index is 0.0513. The molecule has 3 heterocycles. The van der Waals surface area contributed by atoms with E-state index in [4.69, 9.17) is 0 Å². The number of H-pyrrole nitrogens is 1. The van der Waals surface area contributed by atoms with Crippen molar-refractivity contribution < 1.29 is 14.3 Å². The van der Waals surface area contributed by atoms with Gasteiger partial charge in [-0.15, -0.1) is 0 Å². The molecule has 1 aliphatic heterocycles. The van der Waals surface area contributed by atoms with Crippen molar-refractivity contribution in [3.05, 3.63) is 69.7 Å². The van der Waals surface area contributed by atoms with Gasteiger partial charge < -0.3 is 14.9 Å². The highest BCUT2D eigenvalue weighted by Gasteiger charge is 2.25. The number of halogens is 1. The zero-order valence-corrected chi connectivity index (χ0v) is 16.7. The average Bonchev–Trinajstić information content (AvgIpc) is 3.05. The van der Waals surface area contributed by atoms with Crippen molar-refractivity contribution in [3.63, 3.8) is 0 Å². The maximum atomic E-state index is 14.7. The molecule has 1 amide bonds. The van der Waals surface area contributed by atoms with Crippen LogP contribution in [0.15, 0.2) is 41.5 Å². The standard InChI is InChI=1S/C21H22FN5O3/c1-13-9-14(2)19(23-11-13)25-5-7-26(8-6-25)20(29)16-4-3-15(10-17(16)22)27-12-18(28)24-21(27)30/h3-4,9-12,28H,5-8H2,1-2H3,(H,24,30). The van der Waals surface area contributed by atoms with Gasteiger partial charge in [-0.2, -0.15) is 0 Å². The first-order valence-electron chi connectivity index (χ1n) is 9.61. The molecule has 0 saturated carbocycles. The van der Waals surface area contributed by atoms with Gasteiger partial charge in [0, 0.05) is 32.4 Å². The maximum absolute atomic E-state index is 14.7. The van der Waals surface area contributed by atoms with Gasteiger partial charge in [0.1, 0.15) is 11.6 Å². The minimum atomic E-state index is -0.719. The van der Waals surface area contributed by atoms with Gasteiger partial charge >= 0.3 is 5.69 Å². The molecule has 4 rings (SSSR count). The Kier molecular flexibility index (Phi) is 5.03. The molecular formula is C21H22FN5O3. The fourth-order valence-corrected chi connectivity index (χ4v) is 3.73. The summed E-state index contributed by atoms with van der Waals surface area (Å²) in [7, 11) is 0. The summed E-state index contributed by atoms with van der Waals surface area (Å²) in [5.41, 5.74) is 1.76. The van der Waals surface area contributed by atoms with E-state index in [0.717, 1.165) is 33.8 Å². The summed E-state index contributed by atoms with van der Waals surface area (Å²) in [6, 6.07) is 6.02. The number of imidazole rings is 1. The summed E-state index contributed by atoms with van der Waals surface area (Å²) in [6.07, 6.45) is 2.98. The van der Waals surface area contributed by atoms with Crippen LogP contribution in [0, 0.1) is 19.7 Å². The summed E-state index contributed by atoms with van der Waals surface area (Å²) >= 11 is 0. The monoisotopic (exact) mass is 411 g/mol. The largest absolute Gasteiger partial charge is 0.493 e. The lowest BCUT2D eigenvalue weighted by Crippen LogP contribution is -2.49. The summed E-state index contributed by atoms with van der Waals surface area (Å²) in [6.45, 7) is 6.15. The van der Waals surface area contributed by atoms with E-state index in [1.807, 2.05) is 20.0 Å². The van der Waals surface area contributed by atoms with Crippen molar-refractivity contribution in [1.29, 1.82) is 0 Å². The van der Waals surface area contributed by atoms with Crippen LogP contribution in [-0.2, 0) is 0 Å². The average molecular weight is 411 g/mol. The number of amides is 1. The van der Waals surface area contributed by atoms with Crippen molar-refractivity contribution >= 4 is 11.7 Å². The number of benzene rings is 1. The number of anilines is 1. The van der Waals surface area contributed by atoms with Gasteiger partial charge in [0.25, 0.3) is 5.91 Å². The second-order valence-electron chi connectivity index (χ2n) is 7.41. The number of carbonyl (C=O) groups is 1. The van der Waals surface area contributed by atoms with E-state index >= 15 is 0 Å². The molecule has 0 atom stereocenters. The van der Waals surface area contributed by atoms with Crippen molar-refractivity contribution in [3.8, 4) is 11.6 Å². The second-order valence-corrected chi connectivity index (χ2v) is 7.41. The van der Waals surface area contributed by atoms with E-state index in [0.29, 0.717) is 26.2 Å². The molecule has 2 N–H and O–H groups in total. The highest BCUT2D eigenvalue weighted by Crippen LogP contribution is 2.21. The Balaban J connectivity index is 1.48. The number of aromatic amines is 1. The number of piperazine rings is 1. The van der Waals surface area contributed by atoms with Gasteiger partial charge in [0.2, 0.25) is 5.88 Å². The Hall–Kier alpha value is -3.62. The zero-order chi connectivity index (χ0) is 21.4. The third-order valence-electron chi connectivity index (χ3n) is 5.22. The lowest BCUT2D eigenvalue weighted by molar-refractivity contribution is 0.0742. The predicted molar refractivity (Wildman–Crippen MR) is 110 cm³/mol. The van der Waals surface area contributed by atoms with Gasteiger partial charge in [-0.05, 0) is 43.2 Å². The van der Waals surface area contributed by atoms with Gasteiger partial charge in [-0.25, -0.2) is 14.2 Å². The third-order valence-corrected chi connectivity index (χ3v) is 5.22. The van der Waals surface area contributed by atoms with Crippen LogP contribution >= 0.6 is 0 Å². The Morgan fingerprint density at radius 1 is 1.17 bits per heavy atom. The van der Waals surface area contributed by atoms with Crippen molar-refractivity contribution in [1.82, 2.24) is 19.4 Å². The van der Waals surface area contributed by atoms with Crippen LogP contribution in [0.4, 0.5) is 10.2 Å². The maximum Gasteiger partial charge on any atom is 0.332 e. The van der Waals surface area contributed by atoms with Crippen LogP contribution in [0.25, 0.3) is 5.69 Å². The first-order valence-corrected chi connectivity index (χ1v) is 9.61. The highest BCUT2D eigenvalue weighted by atomic mass is 19.1. The molecule has 156 valence electrons. The Bertz CT molecular complexity index is 1160. The Labute approximate surface area is 172 Å². The zero-order valence-electron chi connectivity index (χ0n) is 16.7. The number of carbonyl (C=O) groups excluding carboxylic acids is 1. The fourth-order valence-electron chi connectivity index (χ4n) is 3.73. The third kappa shape index (κ3) is 3.66. The van der Waals surface area contributed by atoms with Crippen molar-refractivity contribution in [2.45, 2.75) is 13.8 Å². The van der Waals surface area contributed by atoms with E-state index in [1.54, 1.807) is 4.90 Å². The fraction of sp³-hybridized carbons (Fsp3) is 0.286. The molecule has 1 saturated heterocycles. The van der Waals surface area contributed by atoms with E-state index in [-0.39, 0.29) is 17.1 Å². The lowest BCUT2D eigenvalue weighted by atomic mass is 10.1. The molecule has 9 heteroatoms. The molecule has 0 unspecified atom stereocenters. The molecular weight excluding hydrogens is 389 g/mol. The Morgan fingerprint density at radius 3 is 2.50 bits per heavy atom. The number of pyridine rings is 1. The van der Waals surface area contributed by atoms with Crippen LogP contribution < -0.4 is 10.6 Å². The number of nitrogens with zero attached hydrogens (tertiary/aromatic N) is 4. The van der Waals surface area contributed by atoms with Crippen LogP contribution in [-0.4, -0.2) is 56.6 Å². The van der Waals surface area contributed by atoms with Crippen molar-refractivity contribution in [2.75, 3.05) is 31.1 Å². The van der Waals surface area contributed by atoms with E-state index in [2.05, 4.69) is 20.9 Å². The molecule has 0 aliphatic carbocycles. The number of aromatic nitrogens is 3.